The summed E-state index contributed by atoms with van der Waals surface area (Å²) in [5.74, 6) is 1.40. The topological polar surface area (TPSA) is 61.6 Å². The third-order valence-corrected chi connectivity index (χ3v) is 2.49. The van der Waals surface area contributed by atoms with Gasteiger partial charge in [-0.15, -0.1) is 10.2 Å². The van der Waals surface area contributed by atoms with Gasteiger partial charge in [0.25, 0.3) is 0 Å². The molecule has 1 N–H and O–H groups in total. The first kappa shape index (κ1) is 13.4. The zero-order chi connectivity index (χ0) is 12.9. The molecule has 0 aliphatic carbocycles. The molecule has 1 aromatic heterocycles. The van der Waals surface area contributed by atoms with Gasteiger partial charge in [-0.1, -0.05) is 27.7 Å². The normalized spacial score (nSPS) is 11.3. The number of hydrogen-bond donors (Lipinski definition) is 1. The fourth-order valence-corrected chi connectivity index (χ4v) is 1.99. The minimum absolute atomic E-state index is 0.226. The lowest BCUT2D eigenvalue weighted by Gasteiger charge is -2.27. The van der Waals surface area contributed by atoms with Crippen LogP contribution in [0.2, 0.25) is 0 Å². The lowest BCUT2D eigenvalue weighted by molar-refractivity contribution is 0.306. The molecule has 0 aliphatic heterocycles. The highest BCUT2D eigenvalue weighted by Gasteiger charge is 2.19. The summed E-state index contributed by atoms with van der Waals surface area (Å²) in [7, 11) is 0. The van der Waals surface area contributed by atoms with Crippen molar-refractivity contribution in [2.75, 3.05) is 11.9 Å². The van der Waals surface area contributed by atoms with E-state index in [1.807, 2.05) is 6.07 Å². The van der Waals surface area contributed by atoms with E-state index in [1.54, 1.807) is 12.1 Å². The predicted molar refractivity (Wildman–Crippen MR) is 68.5 cm³/mol. The maximum Gasteiger partial charge on any atom is 0.163 e. The molecule has 1 heterocycles. The molecule has 0 bridgehead atoms. The molecule has 1 rings (SSSR count). The van der Waals surface area contributed by atoms with Gasteiger partial charge >= 0.3 is 0 Å². The average Bonchev–Trinajstić information content (AvgIpc) is 2.25. The Kier molecular flexibility index (Phi) is 4.45. The Bertz CT molecular complexity index is 387. The van der Waals surface area contributed by atoms with E-state index in [-0.39, 0.29) is 5.41 Å². The van der Waals surface area contributed by atoms with Gasteiger partial charge in [0.1, 0.15) is 11.9 Å². The second kappa shape index (κ2) is 5.62. The number of aromatic nitrogens is 2. The molecule has 4 nitrogen and oxygen atoms in total. The smallest absolute Gasteiger partial charge is 0.163 e. The quantitative estimate of drug-likeness (QED) is 0.848. The average molecular weight is 232 g/mol. The molecule has 0 spiro atoms. The Morgan fingerprint density at radius 2 is 2.06 bits per heavy atom. The van der Waals surface area contributed by atoms with Crippen molar-refractivity contribution in [1.29, 1.82) is 5.26 Å². The number of anilines is 1. The Morgan fingerprint density at radius 3 is 2.53 bits per heavy atom. The molecule has 0 radical (unpaired) electrons. The highest BCUT2D eigenvalue weighted by molar-refractivity contribution is 5.35. The summed E-state index contributed by atoms with van der Waals surface area (Å²) >= 11 is 0. The van der Waals surface area contributed by atoms with E-state index in [1.165, 1.54) is 0 Å². The highest BCUT2D eigenvalue weighted by Crippen LogP contribution is 2.25. The maximum absolute atomic E-state index is 8.61. The van der Waals surface area contributed by atoms with Gasteiger partial charge in [0, 0.05) is 6.54 Å². The van der Waals surface area contributed by atoms with Crippen molar-refractivity contribution in [2.24, 2.45) is 11.3 Å². The van der Waals surface area contributed by atoms with Crippen LogP contribution in [-0.2, 0) is 0 Å². The zero-order valence-electron chi connectivity index (χ0n) is 11.0. The van der Waals surface area contributed by atoms with Crippen LogP contribution in [0.1, 0.15) is 39.8 Å². The Hall–Kier alpha value is -1.63. The summed E-state index contributed by atoms with van der Waals surface area (Å²) in [6.45, 7) is 9.77. The van der Waals surface area contributed by atoms with Gasteiger partial charge in [0.15, 0.2) is 5.69 Å². The van der Waals surface area contributed by atoms with E-state index in [0.717, 1.165) is 18.8 Å². The van der Waals surface area contributed by atoms with Gasteiger partial charge in [0.2, 0.25) is 0 Å². The van der Waals surface area contributed by atoms with Gasteiger partial charge < -0.3 is 5.32 Å². The highest BCUT2D eigenvalue weighted by atomic mass is 15.2. The van der Waals surface area contributed by atoms with Crippen molar-refractivity contribution < 1.29 is 0 Å². The molecule has 0 atom stereocenters. The van der Waals surface area contributed by atoms with E-state index < -0.39 is 0 Å². The van der Waals surface area contributed by atoms with Crippen molar-refractivity contribution in [3.63, 3.8) is 0 Å². The summed E-state index contributed by atoms with van der Waals surface area (Å²) < 4.78 is 0. The van der Waals surface area contributed by atoms with Crippen molar-refractivity contribution in [1.82, 2.24) is 10.2 Å². The minimum atomic E-state index is 0.226. The molecule has 0 aromatic carbocycles. The van der Waals surface area contributed by atoms with Crippen LogP contribution in [0, 0.1) is 22.7 Å². The van der Waals surface area contributed by atoms with Gasteiger partial charge in [-0.05, 0) is 29.9 Å². The third kappa shape index (κ3) is 4.81. The summed E-state index contributed by atoms with van der Waals surface area (Å²) in [4.78, 5) is 0. The predicted octanol–water partition coefficient (Wildman–Crippen LogP) is 2.83. The first-order chi connectivity index (χ1) is 7.93. The SMILES string of the molecule is CC(C)CC(C)(C)CNc1ccc(C#N)nn1. The molecule has 0 aliphatic rings. The number of nitrogens with zero attached hydrogens (tertiary/aromatic N) is 3. The Morgan fingerprint density at radius 1 is 1.35 bits per heavy atom. The largest absolute Gasteiger partial charge is 0.368 e. The van der Waals surface area contributed by atoms with Crippen LogP contribution in [0.15, 0.2) is 12.1 Å². The molecule has 0 saturated heterocycles. The number of nitriles is 1. The molecule has 1 aromatic rings. The molecule has 0 saturated carbocycles. The van der Waals surface area contributed by atoms with E-state index >= 15 is 0 Å². The lowest BCUT2D eigenvalue weighted by atomic mass is 9.84. The van der Waals surface area contributed by atoms with Crippen LogP contribution >= 0.6 is 0 Å². The number of hydrogen-bond acceptors (Lipinski definition) is 4. The number of rotatable bonds is 5. The molecule has 0 fully saturated rings. The monoisotopic (exact) mass is 232 g/mol. The van der Waals surface area contributed by atoms with Crippen LogP contribution < -0.4 is 5.32 Å². The molecule has 92 valence electrons. The standard InChI is InChI=1S/C13H20N4/c1-10(2)7-13(3,4)9-15-12-6-5-11(8-14)16-17-12/h5-6,10H,7,9H2,1-4H3,(H,15,17). The van der Waals surface area contributed by atoms with Crippen LogP contribution in [0.25, 0.3) is 0 Å². The lowest BCUT2D eigenvalue weighted by Crippen LogP contribution is -2.25. The van der Waals surface area contributed by atoms with Crippen LogP contribution in [-0.4, -0.2) is 16.7 Å². The Labute approximate surface area is 103 Å². The first-order valence-corrected chi connectivity index (χ1v) is 5.91. The maximum atomic E-state index is 8.61. The molecule has 4 heteroatoms. The minimum Gasteiger partial charge on any atom is -0.368 e. The summed E-state index contributed by atoms with van der Waals surface area (Å²) in [6, 6.07) is 5.41. The van der Waals surface area contributed by atoms with E-state index in [9.17, 15) is 0 Å². The molecular formula is C13H20N4. The molecule has 17 heavy (non-hydrogen) atoms. The fourth-order valence-electron chi connectivity index (χ4n) is 1.99. The summed E-state index contributed by atoms with van der Waals surface area (Å²) in [5.41, 5.74) is 0.570. The second-order valence-corrected chi connectivity index (χ2v) is 5.53. The van der Waals surface area contributed by atoms with Crippen molar-refractivity contribution >= 4 is 5.82 Å². The Balaban J connectivity index is 2.52. The fraction of sp³-hybridized carbons (Fsp3) is 0.615. The van der Waals surface area contributed by atoms with Crippen LogP contribution in [0.5, 0.6) is 0 Å². The van der Waals surface area contributed by atoms with Gasteiger partial charge in [0.05, 0.1) is 0 Å². The van der Waals surface area contributed by atoms with Crippen molar-refractivity contribution in [3.8, 4) is 6.07 Å². The van der Waals surface area contributed by atoms with Crippen LogP contribution in [0.3, 0.4) is 0 Å². The van der Waals surface area contributed by atoms with Crippen LogP contribution in [0.4, 0.5) is 5.82 Å². The van der Waals surface area contributed by atoms with E-state index in [2.05, 4.69) is 43.2 Å². The van der Waals surface area contributed by atoms with Crippen molar-refractivity contribution in [3.05, 3.63) is 17.8 Å². The summed E-state index contributed by atoms with van der Waals surface area (Å²) in [5, 5.41) is 19.6. The van der Waals surface area contributed by atoms with Gasteiger partial charge in [-0.3, -0.25) is 0 Å². The first-order valence-electron chi connectivity index (χ1n) is 5.91. The van der Waals surface area contributed by atoms with E-state index in [0.29, 0.717) is 11.6 Å². The molecule has 0 unspecified atom stereocenters. The third-order valence-electron chi connectivity index (χ3n) is 2.49. The van der Waals surface area contributed by atoms with Gasteiger partial charge in [-0.25, -0.2) is 0 Å². The second-order valence-electron chi connectivity index (χ2n) is 5.53. The molecule has 0 amide bonds. The van der Waals surface area contributed by atoms with Gasteiger partial charge in [-0.2, -0.15) is 5.26 Å². The summed E-state index contributed by atoms with van der Waals surface area (Å²) in [6.07, 6.45) is 1.16. The zero-order valence-corrected chi connectivity index (χ0v) is 11.0. The molecular weight excluding hydrogens is 212 g/mol. The number of nitrogens with one attached hydrogen (secondary N) is 1. The van der Waals surface area contributed by atoms with Crippen molar-refractivity contribution in [2.45, 2.75) is 34.1 Å². The van der Waals surface area contributed by atoms with E-state index in [4.69, 9.17) is 5.26 Å².